The van der Waals surface area contributed by atoms with Crippen LogP contribution in [0.4, 0.5) is 13.2 Å². The zero-order chi connectivity index (χ0) is 28.6. The molecule has 0 aliphatic heterocycles. The summed E-state index contributed by atoms with van der Waals surface area (Å²) in [4.78, 5) is 12.5. The zero-order valence-corrected chi connectivity index (χ0v) is 26.8. The van der Waals surface area contributed by atoms with Gasteiger partial charge in [-0.2, -0.15) is 13.2 Å². The number of pyridine rings is 2. The third kappa shape index (κ3) is 14.3. The third-order valence-corrected chi connectivity index (χ3v) is 4.25. The molecule has 2 rings (SSSR count). The Labute approximate surface area is 240 Å². The van der Waals surface area contributed by atoms with Gasteiger partial charge >= 0.3 is 45.7 Å². The number of allylic oxidation sites excluding steroid dienone is 5. The normalized spacial score (nSPS) is 12.3. The van der Waals surface area contributed by atoms with Crippen LogP contribution in [-0.2, 0) is 11.3 Å². The first-order valence-electron chi connectivity index (χ1n) is 11.7. The topological polar surface area (TPSA) is 38.1 Å². The summed E-state index contributed by atoms with van der Waals surface area (Å²) in [6.45, 7) is 15.7. The SMILES string of the molecule is C/C=C\C=C(/C(N=C(c1cccc(-c2ccccn2)n1)C(F)(F)F)=C(C)C)C(C)C.CC(C)C.[Br][Fe][Br]. The van der Waals surface area contributed by atoms with Crippen molar-refractivity contribution in [3.8, 4) is 11.4 Å². The Bertz CT molecular complexity index is 1060. The van der Waals surface area contributed by atoms with Crippen LogP contribution in [-0.4, -0.2) is 21.9 Å². The molecule has 0 fully saturated rings. The number of nitrogens with zero attached hydrogens (tertiary/aromatic N) is 3. The number of rotatable bonds is 6. The van der Waals surface area contributed by atoms with E-state index in [4.69, 9.17) is 0 Å². The molecule has 0 spiro atoms. The minimum absolute atomic E-state index is 0.00264. The van der Waals surface area contributed by atoms with E-state index in [1.54, 1.807) is 50.4 Å². The third-order valence-electron chi connectivity index (χ3n) is 4.25. The van der Waals surface area contributed by atoms with Gasteiger partial charge in [0.1, 0.15) is 0 Å². The molecule has 0 aliphatic rings. The molecule has 0 radical (unpaired) electrons. The van der Waals surface area contributed by atoms with Gasteiger partial charge in [-0.15, -0.1) is 0 Å². The fraction of sp³-hybridized carbons (Fsp3) is 0.393. The van der Waals surface area contributed by atoms with E-state index in [0.29, 0.717) is 22.7 Å². The zero-order valence-electron chi connectivity index (χ0n) is 22.5. The van der Waals surface area contributed by atoms with Crippen molar-refractivity contribution in [2.24, 2.45) is 16.8 Å². The summed E-state index contributed by atoms with van der Waals surface area (Å²) in [5, 5.41) is 0. The first-order chi connectivity index (χ1) is 17.3. The standard InChI is InChI=1S/C24H26F3N3.C4H10.2BrH.Fe/c1-6-7-11-18(16(2)3)22(17(4)5)30-23(24(25,26)27)21-14-10-13-20(29-21)19-12-8-9-15-28-19;1-4(2)3;;;/h6-16H,1-5H3;4H,1-3H3;2*1H;/q;;;;+2/p-2/b7-6-,18-11-,30-23?;;;;. The van der Waals surface area contributed by atoms with Gasteiger partial charge in [-0.25, -0.2) is 9.98 Å². The summed E-state index contributed by atoms with van der Waals surface area (Å²) in [7, 11) is 0. The Morgan fingerprint density at radius 1 is 0.973 bits per heavy atom. The molecule has 0 atom stereocenters. The second kappa shape index (κ2) is 18.7. The van der Waals surface area contributed by atoms with Crippen LogP contribution >= 0.6 is 28.2 Å². The molecule has 2 aromatic heterocycles. The van der Waals surface area contributed by atoms with Crippen molar-refractivity contribution in [3.63, 3.8) is 0 Å². The van der Waals surface area contributed by atoms with E-state index in [2.05, 4.69) is 64.0 Å². The number of hydrogen-bond donors (Lipinski definition) is 0. The Kier molecular flexibility index (Phi) is 17.9. The second-order valence-corrected chi connectivity index (χ2v) is 14.6. The van der Waals surface area contributed by atoms with Crippen molar-refractivity contribution in [3.05, 3.63) is 83.4 Å². The number of halogens is 5. The number of alkyl halides is 3. The molecule has 9 heteroatoms. The number of aliphatic imine (C=N–C) groups is 1. The summed E-state index contributed by atoms with van der Waals surface area (Å²) in [5.74, 6) is 0.831. The first kappa shape index (κ1) is 35.5. The van der Waals surface area contributed by atoms with E-state index in [1.165, 1.54) is 12.1 Å². The molecule has 0 N–H and O–H groups in total. The van der Waals surface area contributed by atoms with Gasteiger partial charge in [0, 0.05) is 6.20 Å². The molecular formula is C28H36Br2F3FeN3. The van der Waals surface area contributed by atoms with Crippen LogP contribution in [0, 0.1) is 11.8 Å². The molecule has 3 nitrogen and oxygen atoms in total. The van der Waals surface area contributed by atoms with Crippen LogP contribution in [0.3, 0.4) is 0 Å². The average molecular weight is 687 g/mol. The molecule has 206 valence electrons. The molecule has 0 unspecified atom stereocenters. The van der Waals surface area contributed by atoms with Crippen LogP contribution in [0.1, 0.15) is 61.1 Å². The summed E-state index contributed by atoms with van der Waals surface area (Å²) in [6.07, 6.45) is 2.35. The maximum absolute atomic E-state index is 14.0. The van der Waals surface area contributed by atoms with Gasteiger partial charge in [0.05, 0.1) is 22.8 Å². The van der Waals surface area contributed by atoms with Crippen molar-refractivity contribution < 1.29 is 24.5 Å². The van der Waals surface area contributed by atoms with E-state index in [0.717, 1.165) is 22.8 Å². The monoisotopic (exact) mass is 685 g/mol. The van der Waals surface area contributed by atoms with Gasteiger partial charge in [0.2, 0.25) is 0 Å². The molecule has 2 heterocycles. The Morgan fingerprint density at radius 2 is 1.54 bits per heavy atom. The van der Waals surface area contributed by atoms with E-state index < -0.39 is 11.9 Å². The van der Waals surface area contributed by atoms with Crippen molar-refractivity contribution in [1.29, 1.82) is 0 Å². The van der Waals surface area contributed by atoms with Gasteiger partial charge in [-0.1, -0.05) is 70.6 Å². The number of aromatic nitrogens is 2. The number of hydrogen-bond acceptors (Lipinski definition) is 3. The van der Waals surface area contributed by atoms with Crippen LogP contribution in [0.15, 0.2) is 82.7 Å². The van der Waals surface area contributed by atoms with Crippen LogP contribution in [0.5, 0.6) is 0 Å². The van der Waals surface area contributed by atoms with Gasteiger partial charge in [-0.05, 0) is 62.4 Å². The fourth-order valence-electron chi connectivity index (χ4n) is 2.81. The minimum atomic E-state index is -4.67. The van der Waals surface area contributed by atoms with Gasteiger partial charge in [-0.3, -0.25) is 4.98 Å². The van der Waals surface area contributed by atoms with Gasteiger partial charge < -0.3 is 0 Å². The molecule has 0 aromatic carbocycles. The van der Waals surface area contributed by atoms with Crippen LogP contribution in [0.2, 0.25) is 0 Å². The first-order valence-corrected chi connectivity index (χ1v) is 17.2. The predicted molar refractivity (Wildman–Crippen MR) is 155 cm³/mol. The Balaban J connectivity index is 0.00000165. The van der Waals surface area contributed by atoms with E-state index in [9.17, 15) is 13.2 Å². The molecule has 37 heavy (non-hydrogen) atoms. The Hall–Kier alpha value is -1.54. The summed E-state index contributed by atoms with van der Waals surface area (Å²) in [6, 6.07) is 9.70. The fourth-order valence-corrected chi connectivity index (χ4v) is 2.81. The molecular weight excluding hydrogens is 651 g/mol. The summed E-state index contributed by atoms with van der Waals surface area (Å²) >= 11 is 7.00. The van der Waals surface area contributed by atoms with Gasteiger partial charge in [0.15, 0.2) is 5.71 Å². The molecule has 2 aromatic rings. The van der Waals surface area contributed by atoms with E-state index in [-0.39, 0.29) is 11.6 Å². The second-order valence-electron chi connectivity index (χ2n) is 9.01. The molecule has 0 amide bonds. The molecule has 0 saturated heterocycles. The Morgan fingerprint density at radius 3 is 1.97 bits per heavy atom. The maximum atomic E-state index is 14.0. The summed E-state index contributed by atoms with van der Waals surface area (Å²) < 4.78 is 42.1. The van der Waals surface area contributed by atoms with Crippen LogP contribution in [0.25, 0.3) is 11.4 Å². The van der Waals surface area contributed by atoms with E-state index in [1.807, 2.05) is 32.9 Å². The average Bonchev–Trinajstić information content (AvgIpc) is 2.80. The quantitative estimate of drug-likeness (QED) is 0.172. The molecule has 0 bridgehead atoms. The predicted octanol–water partition coefficient (Wildman–Crippen LogP) is 10.3. The van der Waals surface area contributed by atoms with Crippen LogP contribution < -0.4 is 0 Å². The van der Waals surface area contributed by atoms with Crippen molar-refractivity contribution >= 4 is 33.9 Å². The summed E-state index contributed by atoms with van der Waals surface area (Å²) in [5.41, 5.74) is 1.34. The van der Waals surface area contributed by atoms with Crippen molar-refractivity contribution in [2.45, 2.75) is 61.6 Å². The molecule has 0 saturated carbocycles. The van der Waals surface area contributed by atoms with E-state index >= 15 is 0 Å². The van der Waals surface area contributed by atoms with Gasteiger partial charge in [0.25, 0.3) is 0 Å². The molecule has 0 aliphatic carbocycles. The van der Waals surface area contributed by atoms with Crippen molar-refractivity contribution in [2.75, 3.05) is 0 Å². The van der Waals surface area contributed by atoms with Crippen molar-refractivity contribution in [1.82, 2.24) is 9.97 Å².